The summed E-state index contributed by atoms with van der Waals surface area (Å²) in [5, 5.41) is 8.50. The van der Waals surface area contributed by atoms with Crippen molar-refractivity contribution in [3.8, 4) is 0 Å². The maximum absolute atomic E-state index is 12.5. The Morgan fingerprint density at radius 2 is 1.57 bits per heavy atom. The van der Waals surface area contributed by atoms with Crippen molar-refractivity contribution in [3.05, 3.63) is 61.2 Å². The first-order chi connectivity index (χ1) is 16.7. The molecular formula is C27H37N3O4S. The Balaban J connectivity index is 1.80. The molecule has 7 nitrogen and oxygen atoms in total. The summed E-state index contributed by atoms with van der Waals surface area (Å²) in [6.07, 6.45) is 6.01. The second-order valence-corrected chi connectivity index (χ2v) is 10.7. The normalized spacial score (nSPS) is 12.4. The van der Waals surface area contributed by atoms with E-state index in [0.717, 1.165) is 50.0 Å². The Kier molecular flexibility index (Phi) is 11.6. The minimum absolute atomic E-state index is 0.127. The van der Waals surface area contributed by atoms with Gasteiger partial charge >= 0.3 is 5.97 Å². The maximum Gasteiger partial charge on any atom is 0.330 e. The van der Waals surface area contributed by atoms with E-state index in [1.165, 1.54) is 6.08 Å². The fourth-order valence-corrected chi connectivity index (χ4v) is 5.09. The highest BCUT2D eigenvalue weighted by molar-refractivity contribution is 7.91. The summed E-state index contributed by atoms with van der Waals surface area (Å²) >= 11 is 0. The van der Waals surface area contributed by atoms with Gasteiger partial charge < -0.3 is 9.64 Å². The molecule has 0 spiro atoms. The van der Waals surface area contributed by atoms with Crippen molar-refractivity contribution < 1.29 is 17.9 Å². The highest BCUT2D eigenvalue weighted by Crippen LogP contribution is 2.24. The average Bonchev–Trinajstić information content (AvgIpc) is 2.86. The van der Waals surface area contributed by atoms with Crippen molar-refractivity contribution in [2.24, 2.45) is 16.1 Å². The molecule has 0 radical (unpaired) electrons. The molecule has 0 amide bonds. The fraction of sp³-hybridized carbons (Fsp3) is 0.444. The van der Waals surface area contributed by atoms with E-state index in [1.807, 2.05) is 38.1 Å². The molecule has 190 valence electrons. The lowest BCUT2D eigenvalue weighted by Crippen LogP contribution is -2.18. The Labute approximate surface area is 209 Å². The number of carbonyl (C=O) groups is 1. The standard InChI is InChI=1S/C27H37N3O4S/c1-5-22(3)21-35(32,33)26-17-13-24(14-18-26)29-28-23-11-15-25(16-12-23)30(4)19-9-7-8-10-20-34-27(31)6-2/h6,11-18,22H,2,5,7-10,19-21H2,1,3-4H3/t22-/m1/s1. The number of nitrogens with zero attached hydrogens (tertiary/aromatic N) is 3. The second-order valence-electron chi connectivity index (χ2n) is 8.71. The lowest BCUT2D eigenvalue weighted by molar-refractivity contribution is -0.137. The summed E-state index contributed by atoms with van der Waals surface area (Å²) in [5.41, 5.74) is 2.43. The first kappa shape index (κ1) is 28.2. The van der Waals surface area contributed by atoms with Gasteiger partial charge in [0, 0.05) is 25.4 Å². The van der Waals surface area contributed by atoms with E-state index in [1.54, 1.807) is 24.3 Å². The van der Waals surface area contributed by atoms with E-state index in [2.05, 4.69) is 28.8 Å². The molecule has 2 aromatic carbocycles. The molecule has 35 heavy (non-hydrogen) atoms. The monoisotopic (exact) mass is 499 g/mol. The van der Waals surface area contributed by atoms with E-state index in [0.29, 0.717) is 17.2 Å². The molecular weight excluding hydrogens is 462 g/mol. The Morgan fingerprint density at radius 1 is 1.00 bits per heavy atom. The number of anilines is 1. The van der Waals surface area contributed by atoms with Crippen molar-refractivity contribution in [3.63, 3.8) is 0 Å². The number of rotatable bonds is 15. The topological polar surface area (TPSA) is 88.4 Å². The summed E-state index contributed by atoms with van der Waals surface area (Å²) in [6.45, 7) is 8.68. The van der Waals surface area contributed by atoms with Crippen LogP contribution in [0.2, 0.25) is 0 Å². The molecule has 2 rings (SSSR count). The number of hydrogen-bond donors (Lipinski definition) is 0. The highest BCUT2D eigenvalue weighted by atomic mass is 32.2. The lowest BCUT2D eigenvalue weighted by atomic mass is 10.2. The molecule has 0 heterocycles. The summed E-state index contributed by atoms with van der Waals surface area (Å²) in [6, 6.07) is 14.4. The molecule has 2 aromatic rings. The number of hydrogen-bond acceptors (Lipinski definition) is 7. The first-order valence-corrected chi connectivity index (χ1v) is 13.8. The maximum atomic E-state index is 12.5. The predicted octanol–water partition coefficient (Wildman–Crippen LogP) is 6.65. The van der Waals surface area contributed by atoms with Crippen LogP contribution in [0, 0.1) is 5.92 Å². The molecule has 0 aromatic heterocycles. The van der Waals surface area contributed by atoms with Crippen molar-refractivity contribution >= 4 is 32.9 Å². The van der Waals surface area contributed by atoms with Crippen LogP contribution in [0.1, 0.15) is 46.0 Å². The van der Waals surface area contributed by atoms with Crippen molar-refractivity contribution in [2.45, 2.75) is 50.8 Å². The van der Waals surface area contributed by atoms with Gasteiger partial charge in [0.25, 0.3) is 0 Å². The quantitative estimate of drug-likeness (QED) is 0.118. The van der Waals surface area contributed by atoms with Crippen LogP contribution in [0.25, 0.3) is 0 Å². The van der Waals surface area contributed by atoms with E-state index in [-0.39, 0.29) is 17.6 Å². The van der Waals surface area contributed by atoms with Gasteiger partial charge in [0.15, 0.2) is 9.84 Å². The van der Waals surface area contributed by atoms with Crippen LogP contribution in [-0.4, -0.2) is 40.3 Å². The van der Waals surface area contributed by atoms with Crippen molar-refractivity contribution in [1.82, 2.24) is 0 Å². The van der Waals surface area contributed by atoms with Crippen molar-refractivity contribution in [1.29, 1.82) is 0 Å². The van der Waals surface area contributed by atoms with Crippen LogP contribution in [-0.2, 0) is 19.4 Å². The lowest BCUT2D eigenvalue weighted by Gasteiger charge is -2.19. The number of carbonyl (C=O) groups excluding carboxylic acids is 1. The molecule has 0 fully saturated rings. The third-order valence-electron chi connectivity index (χ3n) is 5.77. The minimum atomic E-state index is -3.28. The third-order valence-corrected chi connectivity index (χ3v) is 7.77. The number of azo groups is 1. The van der Waals surface area contributed by atoms with Crippen LogP contribution in [0.15, 0.2) is 76.3 Å². The van der Waals surface area contributed by atoms with E-state index < -0.39 is 9.84 Å². The number of ether oxygens (including phenoxy) is 1. The van der Waals surface area contributed by atoms with Crippen LogP contribution in [0.5, 0.6) is 0 Å². The van der Waals surface area contributed by atoms with Gasteiger partial charge in [-0.1, -0.05) is 33.3 Å². The van der Waals surface area contributed by atoms with E-state index >= 15 is 0 Å². The molecule has 0 aliphatic carbocycles. The van der Waals surface area contributed by atoms with Crippen LogP contribution in [0.3, 0.4) is 0 Å². The summed E-state index contributed by atoms with van der Waals surface area (Å²) in [4.78, 5) is 13.5. The smallest absolute Gasteiger partial charge is 0.330 e. The summed E-state index contributed by atoms with van der Waals surface area (Å²) in [5.74, 6) is -0.0891. The Morgan fingerprint density at radius 3 is 2.14 bits per heavy atom. The zero-order valence-electron chi connectivity index (χ0n) is 21.0. The van der Waals surface area contributed by atoms with Gasteiger partial charge in [0.2, 0.25) is 0 Å². The number of benzene rings is 2. The van der Waals surface area contributed by atoms with Crippen LogP contribution in [0.4, 0.5) is 17.1 Å². The SMILES string of the molecule is C=CC(=O)OCCCCCCN(C)c1ccc(N=Nc2ccc(S(=O)(=O)C[C@H](C)CC)cc2)cc1. The van der Waals surface area contributed by atoms with Gasteiger partial charge in [-0.25, -0.2) is 13.2 Å². The van der Waals surface area contributed by atoms with E-state index in [9.17, 15) is 13.2 Å². The Bertz CT molecular complexity index is 1060. The van der Waals surface area contributed by atoms with Gasteiger partial charge in [-0.05, 0) is 73.7 Å². The van der Waals surface area contributed by atoms with Crippen LogP contribution < -0.4 is 4.90 Å². The van der Waals surface area contributed by atoms with Crippen LogP contribution >= 0.6 is 0 Å². The van der Waals surface area contributed by atoms with Gasteiger partial charge in [0.05, 0.1) is 28.6 Å². The van der Waals surface area contributed by atoms with Gasteiger partial charge in [-0.2, -0.15) is 10.2 Å². The molecule has 8 heteroatoms. The highest BCUT2D eigenvalue weighted by Gasteiger charge is 2.17. The molecule has 0 bridgehead atoms. The van der Waals surface area contributed by atoms with Gasteiger partial charge in [-0.15, -0.1) is 0 Å². The molecule has 1 atom stereocenters. The minimum Gasteiger partial charge on any atom is -0.463 e. The largest absolute Gasteiger partial charge is 0.463 e. The molecule has 0 saturated heterocycles. The van der Waals surface area contributed by atoms with Gasteiger partial charge in [-0.3, -0.25) is 0 Å². The molecule has 0 unspecified atom stereocenters. The number of unbranched alkanes of at least 4 members (excludes halogenated alkanes) is 3. The average molecular weight is 500 g/mol. The predicted molar refractivity (Wildman–Crippen MR) is 141 cm³/mol. The summed E-state index contributed by atoms with van der Waals surface area (Å²) in [7, 11) is -1.23. The molecule has 0 aliphatic rings. The van der Waals surface area contributed by atoms with Crippen molar-refractivity contribution in [2.75, 3.05) is 30.9 Å². The fourth-order valence-electron chi connectivity index (χ4n) is 3.36. The number of esters is 1. The number of sulfone groups is 1. The first-order valence-electron chi connectivity index (χ1n) is 12.1. The second kappa shape index (κ2) is 14.4. The molecule has 0 aliphatic heterocycles. The van der Waals surface area contributed by atoms with Gasteiger partial charge in [0.1, 0.15) is 0 Å². The Hall–Kier alpha value is -3.00. The molecule has 0 saturated carbocycles. The third kappa shape index (κ3) is 10.0. The zero-order valence-corrected chi connectivity index (χ0v) is 21.8. The molecule has 0 N–H and O–H groups in total. The summed E-state index contributed by atoms with van der Waals surface area (Å²) < 4.78 is 29.9. The zero-order chi connectivity index (χ0) is 25.7. The van der Waals surface area contributed by atoms with E-state index in [4.69, 9.17) is 4.74 Å².